The van der Waals surface area contributed by atoms with Gasteiger partial charge in [0.05, 0.1) is 25.2 Å². The summed E-state index contributed by atoms with van der Waals surface area (Å²) in [5.74, 6) is -1.79. The third-order valence-electron chi connectivity index (χ3n) is 8.19. The highest BCUT2D eigenvalue weighted by Gasteiger charge is 2.27. The summed E-state index contributed by atoms with van der Waals surface area (Å²) in [5.41, 5.74) is 9.63. The molecule has 2 rings (SSSR count). The van der Waals surface area contributed by atoms with Crippen molar-refractivity contribution in [1.29, 1.82) is 0 Å². The number of nitrogens with zero attached hydrogens (tertiary/aromatic N) is 1. The van der Waals surface area contributed by atoms with E-state index in [4.69, 9.17) is 10.5 Å². The molecule has 0 saturated carbocycles. The fraction of sp³-hybridized carbons (Fsp3) is 0.528. The highest BCUT2D eigenvalue weighted by Crippen LogP contribution is 2.22. The second-order valence-corrected chi connectivity index (χ2v) is 13.3. The molecular formula is C36H53N5O7S. The number of ether oxygens (including phenoxy) is 1. The van der Waals surface area contributed by atoms with E-state index in [1.54, 1.807) is 12.1 Å². The number of carbonyl (C=O) groups excluding carboxylic acids is 5. The SMILES string of the molecule is CSCC[C@@H](NC(=O)[C@H](N)Cc1c(C)cc(O)cc1C)C(=O)NCC(=O)NC(=O)[C@H](Cc1ccccc1)N(C)CCCCCCOC(C)=O. The molecule has 6 N–H and O–H groups in total. The second-order valence-electron chi connectivity index (χ2n) is 12.3. The van der Waals surface area contributed by atoms with Crippen LogP contribution in [0.15, 0.2) is 42.5 Å². The molecule has 0 aromatic heterocycles. The van der Waals surface area contributed by atoms with E-state index in [0.717, 1.165) is 47.9 Å². The molecule has 0 bridgehead atoms. The van der Waals surface area contributed by atoms with Crippen molar-refractivity contribution in [2.24, 2.45) is 5.73 Å². The lowest BCUT2D eigenvalue weighted by Crippen LogP contribution is -2.54. The number of carbonyl (C=O) groups is 5. The van der Waals surface area contributed by atoms with Crippen molar-refractivity contribution in [3.8, 4) is 5.75 Å². The Labute approximate surface area is 294 Å². The number of hydrogen-bond donors (Lipinski definition) is 5. The zero-order valence-electron chi connectivity index (χ0n) is 29.4. The second kappa shape index (κ2) is 21.9. The van der Waals surface area contributed by atoms with Crippen LogP contribution < -0.4 is 21.7 Å². The van der Waals surface area contributed by atoms with Gasteiger partial charge in [-0.3, -0.25) is 34.2 Å². The predicted octanol–water partition coefficient (Wildman–Crippen LogP) is 2.54. The summed E-state index contributed by atoms with van der Waals surface area (Å²) in [4.78, 5) is 65.3. The van der Waals surface area contributed by atoms with Gasteiger partial charge in [-0.25, -0.2) is 0 Å². The molecule has 2 aromatic carbocycles. The number of nitrogens with two attached hydrogens (primary N) is 1. The van der Waals surface area contributed by atoms with Gasteiger partial charge in [-0.05, 0) is 106 Å². The van der Waals surface area contributed by atoms with E-state index < -0.39 is 48.3 Å². The van der Waals surface area contributed by atoms with E-state index >= 15 is 0 Å². The summed E-state index contributed by atoms with van der Waals surface area (Å²) >= 11 is 1.51. The molecule has 4 amide bonds. The van der Waals surface area contributed by atoms with Crippen LogP contribution >= 0.6 is 11.8 Å². The topological polar surface area (TPSA) is 180 Å². The lowest BCUT2D eigenvalue weighted by atomic mass is 9.96. The van der Waals surface area contributed by atoms with Crippen molar-refractivity contribution in [1.82, 2.24) is 20.9 Å². The van der Waals surface area contributed by atoms with Gasteiger partial charge in [0.1, 0.15) is 11.8 Å². The summed E-state index contributed by atoms with van der Waals surface area (Å²) in [6.07, 6.45) is 6.18. The first-order valence-electron chi connectivity index (χ1n) is 16.6. The molecule has 49 heavy (non-hydrogen) atoms. The Bertz CT molecular complexity index is 1370. The predicted molar refractivity (Wildman–Crippen MR) is 192 cm³/mol. The Hall–Kier alpha value is -3.94. The molecule has 0 saturated heterocycles. The first-order chi connectivity index (χ1) is 23.3. The van der Waals surface area contributed by atoms with Gasteiger partial charge in [-0.1, -0.05) is 43.2 Å². The van der Waals surface area contributed by atoms with Gasteiger partial charge in [0.25, 0.3) is 0 Å². The van der Waals surface area contributed by atoms with Crippen molar-refractivity contribution in [3.63, 3.8) is 0 Å². The standard InChI is InChI=1S/C36H53N5O7S/c1-24-19-28(43)20-25(2)29(24)22-30(37)34(45)39-31(15-18-49-5)35(46)38-23-33(44)40-36(47)32(21-27-13-9-8-10-14-27)41(4)16-11-6-7-12-17-48-26(3)42/h8-10,13-14,19-20,30-32,43H,6-7,11-12,15-18,21-23,37H2,1-5H3,(H,38,46)(H,39,45)(H,40,44,47)/t30-,31-,32+/m1/s1. The minimum Gasteiger partial charge on any atom is -0.508 e. The lowest BCUT2D eigenvalue weighted by molar-refractivity contribution is -0.141. The fourth-order valence-corrected chi connectivity index (χ4v) is 5.89. The zero-order valence-corrected chi connectivity index (χ0v) is 30.2. The molecule has 3 atom stereocenters. The van der Waals surface area contributed by atoms with Crippen molar-refractivity contribution in [2.75, 3.05) is 38.8 Å². The lowest BCUT2D eigenvalue weighted by Gasteiger charge is -2.27. The van der Waals surface area contributed by atoms with Gasteiger partial charge in [-0.15, -0.1) is 0 Å². The molecule has 0 aliphatic carbocycles. The van der Waals surface area contributed by atoms with Crippen LogP contribution in [0.1, 0.15) is 61.3 Å². The number of likely N-dealkylation sites (N-methyl/N-ethyl adjacent to an activating group) is 1. The molecule has 0 spiro atoms. The van der Waals surface area contributed by atoms with Crippen LogP contribution in [0.4, 0.5) is 0 Å². The number of benzene rings is 2. The maximum absolute atomic E-state index is 13.4. The fourth-order valence-electron chi connectivity index (χ4n) is 5.42. The van der Waals surface area contributed by atoms with Crippen LogP contribution in [0.25, 0.3) is 0 Å². The number of nitrogens with one attached hydrogen (secondary N) is 3. The smallest absolute Gasteiger partial charge is 0.302 e. The van der Waals surface area contributed by atoms with Crippen LogP contribution in [0.2, 0.25) is 0 Å². The number of aromatic hydroxyl groups is 1. The van der Waals surface area contributed by atoms with Crippen LogP contribution in [0.3, 0.4) is 0 Å². The van der Waals surface area contributed by atoms with E-state index in [9.17, 15) is 29.1 Å². The maximum atomic E-state index is 13.4. The molecule has 0 unspecified atom stereocenters. The molecule has 0 fully saturated rings. The molecule has 0 aliphatic rings. The average molecular weight is 700 g/mol. The Kier molecular flexibility index (Phi) is 18.4. The first kappa shape index (κ1) is 41.2. The van der Waals surface area contributed by atoms with Crippen molar-refractivity contribution < 1.29 is 33.8 Å². The number of amides is 4. The third-order valence-corrected chi connectivity index (χ3v) is 8.83. The zero-order chi connectivity index (χ0) is 36.3. The van der Waals surface area contributed by atoms with Crippen LogP contribution in [-0.2, 0) is 41.6 Å². The van der Waals surface area contributed by atoms with Crippen molar-refractivity contribution in [3.05, 3.63) is 64.7 Å². The molecule has 270 valence electrons. The van der Waals surface area contributed by atoms with E-state index in [0.29, 0.717) is 31.7 Å². The number of aryl methyl sites for hydroxylation is 2. The summed E-state index contributed by atoms with van der Waals surface area (Å²) in [6, 6.07) is 10.2. The van der Waals surface area contributed by atoms with Crippen LogP contribution in [0.5, 0.6) is 5.75 Å². The quantitative estimate of drug-likeness (QED) is 0.0960. The molecule has 2 aromatic rings. The molecule has 12 nitrogen and oxygen atoms in total. The van der Waals surface area contributed by atoms with Gasteiger partial charge >= 0.3 is 5.97 Å². The number of phenols is 1. The minimum atomic E-state index is -0.938. The number of unbranched alkanes of at least 4 members (excludes halogenated alkanes) is 3. The summed E-state index contributed by atoms with van der Waals surface area (Å²) in [6.45, 7) is 5.61. The van der Waals surface area contributed by atoms with Gasteiger partial charge in [0.2, 0.25) is 23.6 Å². The van der Waals surface area contributed by atoms with Gasteiger partial charge < -0.3 is 26.2 Å². The van der Waals surface area contributed by atoms with Crippen LogP contribution in [-0.4, -0.2) is 96.5 Å². The molecule has 0 aliphatic heterocycles. The summed E-state index contributed by atoms with van der Waals surface area (Å²) in [5, 5.41) is 17.5. The van der Waals surface area contributed by atoms with Gasteiger partial charge in [0.15, 0.2) is 0 Å². The number of rotatable bonds is 21. The Balaban J connectivity index is 1.96. The van der Waals surface area contributed by atoms with E-state index in [2.05, 4.69) is 16.0 Å². The number of hydrogen-bond acceptors (Lipinski definition) is 10. The number of imide groups is 1. The largest absolute Gasteiger partial charge is 0.508 e. The van der Waals surface area contributed by atoms with E-state index in [1.165, 1.54) is 18.7 Å². The average Bonchev–Trinajstić information content (AvgIpc) is 3.05. The Morgan fingerprint density at radius 3 is 2.22 bits per heavy atom. The first-order valence-corrected chi connectivity index (χ1v) is 18.0. The van der Waals surface area contributed by atoms with E-state index in [-0.39, 0.29) is 18.1 Å². The number of esters is 1. The normalized spacial score (nSPS) is 12.9. The molecule has 0 radical (unpaired) electrons. The molecular weight excluding hydrogens is 646 g/mol. The monoisotopic (exact) mass is 699 g/mol. The molecule has 13 heteroatoms. The van der Waals surface area contributed by atoms with Gasteiger partial charge in [0, 0.05) is 6.92 Å². The number of thioether (sulfide) groups is 1. The third kappa shape index (κ3) is 15.4. The van der Waals surface area contributed by atoms with Gasteiger partial charge in [-0.2, -0.15) is 11.8 Å². The molecule has 0 heterocycles. The van der Waals surface area contributed by atoms with E-state index in [1.807, 2.05) is 62.4 Å². The highest BCUT2D eigenvalue weighted by molar-refractivity contribution is 7.98. The minimum absolute atomic E-state index is 0.135. The van der Waals surface area contributed by atoms with Crippen molar-refractivity contribution in [2.45, 2.75) is 83.8 Å². The Morgan fingerprint density at radius 2 is 1.59 bits per heavy atom. The summed E-state index contributed by atoms with van der Waals surface area (Å²) < 4.78 is 4.97. The van der Waals surface area contributed by atoms with Crippen molar-refractivity contribution >= 4 is 41.4 Å². The summed E-state index contributed by atoms with van der Waals surface area (Å²) in [7, 11) is 1.84. The Morgan fingerprint density at radius 1 is 0.939 bits per heavy atom. The number of phenolic OH excluding ortho intramolecular Hbond substituents is 1. The van der Waals surface area contributed by atoms with Crippen LogP contribution in [0, 0.1) is 13.8 Å². The highest BCUT2D eigenvalue weighted by atomic mass is 32.2. The maximum Gasteiger partial charge on any atom is 0.302 e.